The number of fused-ring (bicyclic) bond motifs is 9. The second kappa shape index (κ2) is 30.2. The number of aromatic nitrogens is 1. The zero-order valence-electron chi connectivity index (χ0n) is 49.1. The normalized spacial score (nSPS) is 12.8. The fourth-order valence-corrected chi connectivity index (χ4v) is 11.6. The summed E-state index contributed by atoms with van der Waals surface area (Å²) >= 11 is 0. The van der Waals surface area contributed by atoms with Gasteiger partial charge >= 0.3 is 0 Å². The predicted octanol–water partition coefficient (Wildman–Crippen LogP) is 22.0. The number of allylic oxidation sites excluding steroid dienone is 3. The minimum atomic E-state index is 1.12. The number of hydrogen-bond donors (Lipinski definition) is 0. The third-order valence-electron chi connectivity index (χ3n) is 15.8. The number of para-hydroxylation sites is 2. The highest BCUT2D eigenvalue weighted by Crippen LogP contribution is 2.31. The third kappa shape index (κ3) is 14.8. The van der Waals surface area contributed by atoms with Gasteiger partial charge in [-0.1, -0.05) is 295 Å². The molecule has 0 bridgehead atoms. The molecule has 5 aliphatic rings. The van der Waals surface area contributed by atoms with Crippen molar-refractivity contribution in [1.29, 1.82) is 0 Å². The van der Waals surface area contributed by atoms with Crippen LogP contribution in [0, 0.1) is 0 Å². The summed E-state index contributed by atoms with van der Waals surface area (Å²) in [6.45, 7) is 8.00. The molecule has 0 fully saturated rings. The quantitative estimate of drug-likeness (QED) is 0.133. The van der Waals surface area contributed by atoms with Crippen LogP contribution in [0.5, 0.6) is 0 Å². The average molecular weight is 1070 g/mol. The van der Waals surface area contributed by atoms with E-state index >= 15 is 0 Å². The van der Waals surface area contributed by atoms with Crippen LogP contribution in [0.3, 0.4) is 0 Å². The maximum absolute atomic E-state index is 2.38. The van der Waals surface area contributed by atoms with Crippen molar-refractivity contribution in [2.45, 2.75) is 91.9 Å². The first-order valence-electron chi connectivity index (χ1n) is 30.2. The van der Waals surface area contributed by atoms with Gasteiger partial charge in [-0.3, -0.25) is 0 Å². The van der Waals surface area contributed by atoms with E-state index < -0.39 is 0 Å². The van der Waals surface area contributed by atoms with E-state index in [9.17, 15) is 0 Å². The molecule has 17 rings (SSSR count). The lowest BCUT2D eigenvalue weighted by Gasteiger charge is -2.16. The van der Waals surface area contributed by atoms with Gasteiger partial charge in [0.2, 0.25) is 0 Å². The lowest BCUT2D eigenvalue weighted by atomic mass is 9.89. The average Bonchev–Trinajstić information content (AvgIpc) is 4.59. The van der Waals surface area contributed by atoms with Crippen LogP contribution in [0.4, 0.5) is 0 Å². The van der Waals surface area contributed by atoms with E-state index in [-0.39, 0.29) is 0 Å². The molecule has 82 heavy (non-hydrogen) atoms. The van der Waals surface area contributed by atoms with Gasteiger partial charge in [-0.25, -0.2) is 0 Å². The zero-order chi connectivity index (χ0) is 56.7. The maximum atomic E-state index is 2.38. The van der Waals surface area contributed by atoms with Crippen LogP contribution in [0.25, 0.3) is 72.4 Å². The first-order chi connectivity index (χ1) is 40.6. The van der Waals surface area contributed by atoms with Crippen LogP contribution in [0.15, 0.2) is 261 Å². The van der Waals surface area contributed by atoms with Crippen LogP contribution >= 0.6 is 0 Å². The summed E-state index contributed by atoms with van der Waals surface area (Å²) in [5, 5.41) is 10.8. The van der Waals surface area contributed by atoms with Crippen LogP contribution in [-0.2, 0) is 52.0 Å². The van der Waals surface area contributed by atoms with Crippen molar-refractivity contribution < 1.29 is 0 Å². The molecule has 0 atom stereocenters. The maximum Gasteiger partial charge on any atom is 0.0488 e. The molecule has 0 saturated carbocycles. The first kappa shape index (κ1) is 57.9. The fourth-order valence-electron chi connectivity index (χ4n) is 11.6. The number of hydrogen-bond acceptors (Lipinski definition) is 0. The van der Waals surface area contributed by atoms with Gasteiger partial charge in [-0.2, -0.15) is 0 Å². The van der Waals surface area contributed by atoms with E-state index in [4.69, 9.17) is 0 Å². The Labute approximate surface area is 489 Å². The molecule has 5 aliphatic carbocycles. The van der Waals surface area contributed by atoms with E-state index in [2.05, 4.69) is 291 Å². The lowest BCUT2D eigenvalue weighted by molar-refractivity contribution is 0.687. The van der Waals surface area contributed by atoms with Crippen molar-refractivity contribution >= 4 is 72.4 Å². The summed E-state index contributed by atoms with van der Waals surface area (Å²) in [5.74, 6) is 0. The highest BCUT2D eigenvalue weighted by molar-refractivity contribution is 6.08. The van der Waals surface area contributed by atoms with Crippen LogP contribution in [0.1, 0.15) is 103 Å². The molecule has 0 saturated heterocycles. The molecule has 0 amide bonds. The van der Waals surface area contributed by atoms with Crippen molar-refractivity contribution in [3.8, 4) is 0 Å². The third-order valence-corrected chi connectivity index (χ3v) is 15.8. The van der Waals surface area contributed by atoms with Crippen molar-refractivity contribution in [2.24, 2.45) is 7.05 Å². The molecule has 12 aromatic rings. The van der Waals surface area contributed by atoms with Gasteiger partial charge in [0.15, 0.2) is 0 Å². The van der Waals surface area contributed by atoms with E-state index in [1.165, 1.54) is 132 Å². The Bertz CT molecular complexity index is 3800. The smallest absolute Gasteiger partial charge is 0.0488 e. The Kier molecular flexibility index (Phi) is 21.3. The molecule has 0 aliphatic heterocycles. The predicted molar refractivity (Wildman–Crippen MR) is 361 cm³/mol. The molecule has 410 valence electrons. The van der Waals surface area contributed by atoms with Crippen molar-refractivity contribution in [1.82, 2.24) is 4.57 Å². The number of rotatable bonds is 0. The van der Waals surface area contributed by atoms with E-state index in [0.29, 0.717) is 0 Å². The summed E-state index contributed by atoms with van der Waals surface area (Å²) < 4.78 is 2.24. The zero-order valence-corrected chi connectivity index (χ0v) is 49.1. The van der Waals surface area contributed by atoms with Gasteiger partial charge < -0.3 is 4.57 Å². The van der Waals surface area contributed by atoms with Crippen molar-refractivity contribution in [2.75, 3.05) is 0 Å². The topological polar surface area (TPSA) is 4.93 Å². The summed E-state index contributed by atoms with van der Waals surface area (Å²) in [6.07, 6.45) is 25.8. The molecule has 1 heteroatoms. The summed E-state index contributed by atoms with van der Waals surface area (Å²) in [6, 6.07) is 85.9. The molecule has 11 aromatic carbocycles. The summed E-state index contributed by atoms with van der Waals surface area (Å²) in [4.78, 5) is 0. The molecule has 1 nitrogen and oxygen atoms in total. The van der Waals surface area contributed by atoms with Gasteiger partial charge in [0, 0.05) is 28.9 Å². The fraction of sp³-hybridized carbons (Fsp3) is 0.185. The van der Waals surface area contributed by atoms with Gasteiger partial charge in [0.1, 0.15) is 0 Å². The van der Waals surface area contributed by atoms with E-state index in [1.54, 1.807) is 22.3 Å². The van der Waals surface area contributed by atoms with E-state index in [0.717, 1.165) is 19.3 Å². The summed E-state index contributed by atoms with van der Waals surface area (Å²) in [5.41, 5.74) is 17.4. The Hall–Kier alpha value is -8.78. The SMILES string of the molecule is C1=CCc2ccccc2C1.C1=Cc2cccc3cccc1c23.C1=Cc2ccccc2C1.CC.CC.Cn1c2ccccc2c2ccccc21.c1ccc2c(c1)CCC2.c1ccc2cc3c(cc2c1)CCCC3.c1ccc2ccccc2c1. The molecular formula is C81H81N. The second-order valence-electron chi connectivity index (χ2n) is 20.8. The summed E-state index contributed by atoms with van der Waals surface area (Å²) in [7, 11) is 2.12. The second-order valence-corrected chi connectivity index (χ2v) is 20.8. The largest absolute Gasteiger partial charge is 0.344 e. The number of nitrogens with zero attached hydrogens (tertiary/aromatic N) is 1. The van der Waals surface area contributed by atoms with Crippen LogP contribution < -0.4 is 0 Å². The number of aryl methyl sites for hydroxylation is 5. The number of benzene rings is 11. The van der Waals surface area contributed by atoms with Crippen LogP contribution in [-0.4, -0.2) is 4.57 Å². The standard InChI is InChI=1S/C14H14.C13H11N.C12H8.C10H10.C10H8.C9H10.C9H8.2C2H6/c1-2-6-12-10-14-8-4-3-7-13(14)9-11(12)5-1;1-14-12-8-4-2-6-10(12)11-7-3-5-9-13(11)14;1-3-9-4-2-6-11-8-7-10(5-1)12(9)11;2*1-2-6-10-8-4-3-7-9(10)5-1;2*1-2-5-9-7-3-6-8(9)4-1;2*1-2/h1-2,5-6,9-10H,3-4,7-8H2;2-9H,1H3;1-8H;1-6H,7-8H2;1-8H;1-2,4-5H,3,6-7H2;1-6H,7H2;2*1-2H3. The Morgan fingerprint density at radius 1 is 0.268 bits per heavy atom. The van der Waals surface area contributed by atoms with Gasteiger partial charge in [-0.15, -0.1) is 0 Å². The lowest BCUT2D eigenvalue weighted by Crippen LogP contribution is -2.01. The molecule has 0 radical (unpaired) electrons. The molecule has 0 spiro atoms. The van der Waals surface area contributed by atoms with E-state index in [1.807, 2.05) is 27.7 Å². The highest BCUT2D eigenvalue weighted by Gasteiger charge is 2.11. The van der Waals surface area contributed by atoms with Gasteiger partial charge in [-0.05, 0) is 164 Å². The first-order valence-corrected chi connectivity index (χ1v) is 30.2. The minimum Gasteiger partial charge on any atom is -0.344 e. The Morgan fingerprint density at radius 3 is 1.10 bits per heavy atom. The van der Waals surface area contributed by atoms with Gasteiger partial charge in [0.25, 0.3) is 0 Å². The Balaban J connectivity index is 0.000000115. The Morgan fingerprint density at radius 2 is 0.622 bits per heavy atom. The molecular weight excluding hydrogens is 987 g/mol. The van der Waals surface area contributed by atoms with Gasteiger partial charge in [0.05, 0.1) is 0 Å². The molecule has 0 unspecified atom stereocenters. The monoisotopic (exact) mass is 1070 g/mol. The minimum absolute atomic E-state index is 1.12. The van der Waals surface area contributed by atoms with Crippen LogP contribution in [0.2, 0.25) is 0 Å². The van der Waals surface area contributed by atoms with Crippen molar-refractivity contribution in [3.05, 3.63) is 317 Å². The molecule has 0 N–H and O–H groups in total. The van der Waals surface area contributed by atoms with Crippen molar-refractivity contribution in [3.63, 3.8) is 0 Å². The highest BCUT2D eigenvalue weighted by atomic mass is 14.9. The molecule has 1 aromatic heterocycles. The molecule has 1 heterocycles.